The number of piperidine rings is 1. The van der Waals surface area contributed by atoms with Crippen LogP contribution in [0.2, 0.25) is 0 Å². The van der Waals surface area contributed by atoms with E-state index in [9.17, 15) is 13.2 Å². The van der Waals surface area contributed by atoms with Crippen molar-refractivity contribution < 1.29 is 17.9 Å². The van der Waals surface area contributed by atoms with E-state index in [0.29, 0.717) is 11.7 Å². The van der Waals surface area contributed by atoms with Crippen molar-refractivity contribution in [1.29, 1.82) is 0 Å². The zero-order chi connectivity index (χ0) is 14.0. The van der Waals surface area contributed by atoms with E-state index in [1.54, 1.807) is 6.07 Å². The molecule has 1 heterocycles. The van der Waals surface area contributed by atoms with E-state index in [1.807, 2.05) is 0 Å². The maximum atomic E-state index is 12.7. The van der Waals surface area contributed by atoms with Gasteiger partial charge in [0.1, 0.15) is 5.75 Å². The Kier molecular flexibility index (Phi) is 4.04. The molecule has 1 fully saturated rings. The van der Waals surface area contributed by atoms with Gasteiger partial charge in [-0.15, -0.1) is 0 Å². The van der Waals surface area contributed by atoms with Gasteiger partial charge in [-0.05, 0) is 49.0 Å². The Morgan fingerprint density at radius 3 is 2.63 bits per heavy atom. The summed E-state index contributed by atoms with van der Waals surface area (Å²) in [5.74, 6) is 0.978. The first-order valence-electron chi connectivity index (χ1n) is 6.39. The van der Waals surface area contributed by atoms with Crippen LogP contribution in [0.3, 0.4) is 0 Å². The third-order valence-corrected chi connectivity index (χ3v) is 3.75. The summed E-state index contributed by atoms with van der Waals surface area (Å²) in [4.78, 5) is 0. The Labute approximate surface area is 111 Å². The lowest BCUT2D eigenvalue weighted by molar-refractivity contribution is -0.137. The lowest BCUT2D eigenvalue weighted by Crippen LogP contribution is -2.33. The number of hydrogen-bond acceptors (Lipinski definition) is 2. The molecule has 2 atom stereocenters. The fourth-order valence-corrected chi connectivity index (χ4v) is 2.67. The van der Waals surface area contributed by atoms with Gasteiger partial charge >= 0.3 is 6.18 Å². The molecule has 0 saturated carbocycles. The van der Waals surface area contributed by atoms with Gasteiger partial charge < -0.3 is 10.1 Å². The van der Waals surface area contributed by atoms with E-state index in [4.69, 9.17) is 4.74 Å². The maximum absolute atomic E-state index is 12.7. The van der Waals surface area contributed by atoms with Gasteiger partial charge in [0.2, 0.25) is 0 Å². The Bertz CT molecular complexity index is 445. The van der Waals surface area contributed by atoms with Crippen LogP contribution >= 0.6 is 0 Å². The van der Waals surface area contributed by atoms with Gasteiger partial charge in [-0.1, -0.05) is 13.0 Å². The number of benzene rings is 1. The molecule has 0 aromatic heterocycles. The molecule has 1 saturated heterocycles. The van der Waals surface area contributed by atoms with Gasteiger partial charge in [0.25, 0.3) is 0 Å². The van der Waals surface area contributed by atoms with Crippen molar-refractivity contribution in [2.75, 3.05) is 20.2 Å². The van der Waals surface area contributed by atoms with Crippen LogP contribution in [0.1, 0.15) is 30.4 Å². The van der Waals surface area contributed by atoms with Crippen molar-refractivity contribution >= 4 is 0 Å². The first kappa shape index (κ1) is 14.2. The normalized spacial score (nSPS) is 24.3. The molecule has 0 spiro atoms. The molecule has 1 aliphatic heterocycles. The highest BCUT2D eigenvalue weighted by Gasteiger charge is 2.33. The number of halogens is 3. The molecule has 19 heavy (non-hydrogen) atoms. The van der Waals surface area contributed by atoms with Gasteiger partial charge in [-0.2, -0.15) is 13.2 Å². The molecule has 2 nitrogen and oxygen atoms in total. The largest absolute Gasteiger partial charge is 0.496 e. The smallest absolute Gasteiger partial charge is 0.416 e. The third-order valence-electron chi connectivity index (χ3n) is 3.75. The van der Waals surface area contributed by atoms with Crippen LogP contribution in [0.15, 0.2) is 18.2 Å². The quantitative estimate of drug-likeness (QED) is 0.891. The molecular formula is C14H18F3NO. The number of hydrogen-bond donors (Lipinski definition) is 1. The minimum atomic E-state index is -4.33. The molecule has 2 rings (SSSR count). The summed E-state index contributed by atoms with van der Waals surface area (Å²) in [5.41, 5.74) is 0.221. The van der Waals surface area contributed by atoms with Crippen molar-refractivity contribution in [2.45, 2.75) is 25.4 Å². The standard InChI is InChI=1S/C14H18F3NO/c1-9-8-18-6-5-11(9)12-4-3-10(14(15,16)17)7-13(12)19-2/h3-4,7,9,11,18H,5-6,8H2,1-2H3/t9-,11+/m0/s1. The summed E-state index contributed by atoms with van der Waals surface area (Å²) in [6, 6.07) is 3.81. The molecule has 0 amide bonds. The van der Waals surface area contributed by atoms with Gasteiger partial charge in [0.15, 0.2) is 0 Å². The van der Waals surface area contributed by atoms with Crippen LogP contribution in [0.25, 0.3) is 0 Å². The second-order valence-corrected chi connectivity index (χ2v) is 5.03. The molecule has 0 bridgehead atoms. The van der Waals surface area contributed by atoms with Crippen molar-refractivity contribution in [3.8, 4) is 5.75 Å². The summed E-state index contributed by atoms with van der Waals surface area (Å²) in [7, 11) is 1.42. The average Bonchev–Trinajstić information content (AvgIpc) is 2.37. The number of alkyl halides is 3. The molecule has 106 valence electrons. The molecular weight excluding hydrogens is 255 g/mol. The van der Waals surface area contributed by atoms with E-state index < -0.39 is 11.7 Å². The average molecular weight is 273 g/mol. The first-order valence-corrected chi connectivity index (χ1v) is 6.39. The predicted molar refractivity (Wildman–Crippen MR) is 67.4 cm³/mol. The summed E-state index contributed by atoms with van der Waals surface area (Å²) >= 11 is 0. The van der Waals surface area contributed by atoms with Crippen LogP contribution in [-0.2, 0) is 6.18 Å². The zero-order valence-electron chi connectivity index (χ0n) is 11.1. The van der Waals surface area contributed by atoms with E-state index in [2.05, 4.69) is 12.2 Å². The molecule has 1 N–H and O–H groups in total. The number of rotatable bonds is 2. The van der Waals surface area contributed by atoms with Crippen molar-refractivity contribution in [2.24, 2.45) is 5.92 Å². The van der Waals surface area contributed by atoms with Crippen LogP contribution in [-0.4, -0.2) is 20.2 Å². The molecule has 1 aromatic carbocycles. The maximum Gasteiger partial charge on any atom is 0.416 e. The molecule has 5 heteroatoms. The highest BCUT2D eigenvalue weighted by atomic mass is 19.4. The predicted octanol–water partition coefficient (Wildman–Crippen LogP) is 3.43. The number of methoxy groups -OCH3 is 1. The van der Waals surface area contributed by atoms with Gasteiger partial charge in [-0.25, -0.2) is 0 Å². The molecule has 1 aliphatic rings. The van der Waals surface area contributed by atoms with E-state index >= 15 is 0 Å². The Morgan fingerprint density at radius 1 is 1.32 bits per heavy atom. The number of ether oxygens (including phenoxy) is 1. The van der Waals surface area contributed by atoms with Crippen molar-refractivity contribution in [1.82, 2.24) is 5.32 Å². The fraction of sp³-hybridized carbons (Fsp3) is 0.571. The Balaban J connectivity index is 2.35. The monoisotopic (exact) mass is 273 g/mol. The van der Waals surface area contributed by atoms with Gasteiger partial charge in [-0.3, -0.25) is 0 Å². The first-order chi connectivity index (χ1) is 8.93. The van der Waals surface area contributed by atoms with Crippen molar-refractivity contribution in [3.63, 3.8) is 0 Å². The SMILES string of the molecule is COc1cc(C(F)(F)F)ccc1[C@@H]1CCNC[C@@H]1C. The molecule has 0 radical (unpaired) electrons. The van der Waals surface area contributed by atoms with Crippen LogP contribution in [0.4, 0.5) is 13.2 Å². The summed E-state index contributed by atoms with van der Waals surface area (Å²) in [6.45, 7) is 3.88. The van der Waals surface area contributed by atoms with E-state index in [-0.39, 0.29) is 5.92 Å². The molecule has 0 unspecified atom stereocenters. The second-order valence-electron chi connectivity index (χ2n) is 5.03. The second kappa shape index (κ2) is 5.41. The minimum absolute atomic E-state index is 0.249. The lowest BCUT2D eigenvalue weighted by Gasteiger charge is -2.31. The van der Waals surface area contributed by atoms with Crippen molar-refractivity contribution in [3.05, 3.63) is 29.3 Å². The number of nitrogens with one attached hydrogen (secondary N) is 1. The van der Waals surface area contributed by atoms with Crippen LogP contribution < -0.4 is 10.1 Å². The van der Waals surface area contributed by atoms with E-state index in [0.717, 1.165) is 37.2 Å². The van der Waals surface area contributed by atoms with Gasteiger partial charge in [0.05, 0.1) is 12.7 Å². The van der Waals surface area contributed by atoms with Crippen LogP contribution in [0, 0.1) is 5.92 Å². The van der Waals surface area contributed by atoms with Gasteiger partial charge in [0, 0.05) is 0 Å². The van der Waals surface area contributed by atoms with E-state index in [1.165, 1.54) is 7.11 Å². The third kappa shape index (κ3) is 3.03. The highest BCUT2D eigenvalue weighted by Crippen LogP contribution is 2.39. The van der Waals surface area contributed by atoms with Crippen LogP contribution in [0.5, 0.6) is 5.75 Å². The minimum Gasteiger partial charge on any atom is -0.496 e. The lowest BCUT2D eigenvalue weighted by atomic mass is 9.81. The molecule has 1 aromatic rings. The zero-order valence-corrected chi connectivity index (χ0v) is 11.1. The fourth-order valence-electron chi connectivity index (χ4n) is 2.67. The summed E-state index contributed by atoms with van der Waals surface area (Å²) < 4.78 is 43.2. The molecule has 0 aliphatic carbocycles. The Hall–Kier alpha value is -1.23. The topological polar surface area (TPSA) is 21.3 Å². The summed E-state index contributed by atoms with van der Waals surface area (Å²) in [6.07, 6.45) is -3.41. The Morgan fingerprint density at radius 2 is 2.05 bits per heavy atom. The highest BCUT2D eigenvalue weighted by molar-refractivity contribution is 5.41. The summed E-state index contributed by atoms with van der Waals surface area (Å²) in [5, 5.41) is 3.29.